The van der Waals surface area contributed by atoms with Gasteiger partial charge in [-0.15, -0.1) is 0 Å². The quantitative estimate of drug-likeness (QED) is 0.819. The molecule has 2 unspecified atom stereocenters. The van der Waals surface area contributed by atoms with Crippen molar-refractivity contribution in [2.45, 2.75) is 25.5 Å². The fourth-order valence-corrected chi connectivity index (χ4v) is 3.80. The number of fused-ring (bicyclic) bond motifs is 1. The molecular weight excluding hydrogens is 371 g/mol. The van der Waals surface area contributed by atoms with Crippen molar-refractivity contribution in [1.82, 2.24) is 10.2 Å². The van der Waals surface area contributed by atoms with E-state index in [2.05, 4.69) is 5.32 Å². The number of hydrogen-bond donors (Lipinski definition) is 2. The molecular formula is C20H22Cl2N2O2. The highest BCUT2D eigenvalue weighted by atomic mass is 35.5. The molecule has 0 aromatic heterocycles. The summed E-state index contributed by atoms with van der Waals surface area (Å²) in [5.74, 6) is -0.0267. The van der Waals surface area contributed by atoms with Crippen LogP contribution in [0, 0.1) is 0 Å². The van der Waals surface area contributed by atoms with Crippen LogP contribution in [0.15, 0.2) is 42.5 Å². The van der Waals surface area contributed by atoms with Crippen LogP contribution >= 0.6 is 23.2 Å². The van der Waals surface area contributed by atoms with Crippen LogP contribution in [0.4, 0.5) is 0 Å². The lowest BCUT2D eigenvalue weighted by Gasteiger charge is -2.38. The van der Waals surface area contributed by atoms with E-state index in [0.29, 0.717) is 23.1 Å². The number of nitrogens with one attached hydrogen (secondary N) is 1. The smallest absolute Gasteiger partial charge is 0.237 e. The molecule has 1 heterocycles. The number of hydrogen-bond acceptors (Lipinski definition) is 3. The van der Waals surface area contributed by atoms with E-state index in [1.165, 1.54) is 5.56 Å². The number of aliphatic hydroxyl groups excluding tert-OH is 1. The molecule has 0 saturated heterocycles. The van der Waals surface area contributed by atoms with Gasteiger partial charge in [-0.05, 0) is 48.2 Å². The van der Waals surface area contributed by atoms with E-state index < -0.39 is 6.10 Å². The summed E-state index contributed by atoms with van der Waals surface area (Å²) in [5.41, 5.74) is 3.09. The molecule has 0 saturated carbocycles. The zero-order valence-corrected chi connectivity index (χ0v) is 16.1. The van der Waals surface area contributed by atoms with Crippen LogP contribution in [0.1, 0.15) is 29.7 Å². The Hall–Kier alpha value is -1.59. The van der Waals surface area contributed by atoms with Crippen LogP contribution in [0.2, 0.25) is 10.0 Å². The Kier molecular flexibility index (Phi) is 6.20. The summed E-state index contributed by atoms with van der Waals surface area (Å²) in [6.45, 7) is 2.84. The molecule has 2 atom stereocenters. The lowest BCUT2D eigenvalue weighted by atomic mass is 9.88. The van der Waals surface area contributed by atoms with Crippen molar-refractivity contribution in [2.75, 3.05) is 19.6 Å². The van der Waals surface area contributed by atoms with E-state index >= 15 is 0 Å². The van der Waals surface area contributed by atoms with Gasteiger partial charge in [-0.2, -0.15) is 0 Å². The SMILES string of the molecule is CC(O)CNCC(=O)N1CCc2ccc(Cl)cc2C1c1ccccc1Cl. The van der Waals surface area contributed by atoms with Crippen LogP contribution in [0.5, 0.6) is 0 Å². The summed E-state index contributed by atoms with van der Waals surface area (Å²) in [6, 6.07) is 13.1. The van der Waals surface area contributed by atoms with Crippen LogP contribution < -0.4 is 5.32 Å². The van der Waals surface area contributed by atoms with Crippen molar-refractivity contribution in [1.29, 1.82) is 0 Å². The molecule has 1 aliphatic rings. The molecule has 4 nitrogen and oxygen atoms in total. The zero-order chi connectivity index (χ0) is 18.7. The average Bonchev–Trinajstić information content (AvgIpc) is 2.61. The summed E-state index contributed by atoms with van der Waals surface area (Å²) < 4.78 is 0. The van der Waals surface area contributed by atoms with Gasteiger partial charge >= 0.3 is 0 Å². The second-order valence-corrected chi connectivity index (χ2v) is 7.43. The molecule has 2 aromatic rings. The van der Waals surface area contributed by atoms with Crippen LogP contribution in [-0.4, -0.2) is 41.7 Å². The van der Waals surface area contributed by atoms with Crippen molar-refractivity contribution in [2.24, 2.45) is 0 Å². The van der Waals surface area contributed by atoms with E-state index in [9.17, 15) is 9.90 Å². The summed E-state index contributed by atoms with van der Waals surface area (Å²) in [7, 11) is 0. The van der Waals surface area contributed by atoms with Crippen LogP contribution in [0.3, 0.4) is 0 Å². The number of halogens is 2. The summed E-state index contributed by atoms with van der Waals surface area (Å²) in [4.78, 5) is 14.7. The Morgan fingerprint density at radius 3 is 2.77 bits per heavy atom. The molecule has 3 rings (SSSR count). The van der Waals surface area contributed by atoms with Crippen molar-refractivity contribution < 1.29 is 9.90 Å². The predicted molar refractivity (Wildman–Crippen MR) is 105 cm³/mol. The van der Waals surface area contributed by atoms with Crippen molar-refractivity contribution in [3.05, 3.63) is 69.2 Å². The lowest BCUT2D eigenvalue weighted by molar-refractivity contribution is -0.132. The third-order valence-electron chi connectivity index (χ3n) is 4.57. The van der Waals surface area contributed by atoms with Gasteiger partial charge in [0, 0.05) is 23.1 Å². The first-order valence-electron chi connectivity index (χ1n) is 8.68. The maximum atomic E-state index is 12.9. The van der Waals surface area contributed by atoms with E-state index in [4.69, 9.17) is 23.2 Å². The Balaban J connectivity index is 1.96. The van der Waals surface area contributed by atoms with Gasteiger partial charge in [0.2, 0.25) is 5.91 Å². The van der Waals surface area contributed by atoms with Gasteiger partial charge in [-0.1, -0.05) is 47.5 Å². The minimum absolute atomic E-state index is 0.0267. The van der Waals surface area contributed by atoms with Crippen molar-refractivity contribution >= 4 is 29.1 Å². The molecule has 2 N–H and O–H groups in total. The first-order valence-corrected chi connectivity index (χ1v) is 9.44. The summed E-state index contributed by atoms with van der Waals surface area (Å²) in [6.07, 6.45) is 0.276. The second-order valence-electron chi connectivity index (χ2n) is 6.58. The molecule has 0 bridgehead atoms. The van der Waals surface area contributed by atoms with Crippen molar-refractivity contribution in [3.8, 4) is 0 Å². The molecule has 0 spiro atoms. The standard InChI is InChI=1S/C20H22Cl2N2O2/c1-13(25)11-23-12-19(26)24-9-8-14-6-7-15(21)10-17(14)20(24)16-4-2-3-5-18(16)22/h2-7,10,13,20,23,25H,8-9,11-12H2,1H3. The molecule has 1 amide bonds. The first-order chi connectivity index (χ1) is 12.5. The third kappa shape index (κ3) is 4.21. The molecule has 0 aliphatic carbocycles. The number of amides is 1. The molecule has 26 heavy (non-hydrogen) atoms. The van der Waals surface area contributed by atoms with Crippen LogP contribution in [-0.2, 0) is 11.2 Å². The van der Waals surface area contributed by atoms with Crippen molar-refractivity contribution in [3.63, 3.8) is 0 Å². The molecule has 0 fully saturated rings. The van der Waals surface area contributed by atoms with E-state index in [0.717, 1.165) is 17.5 Å². The first kappa shape index (κ1) is 19.2. The van der Waals surface area contributed by atoms with Gasteiger partial charge in [0.25, 0.3) is 0 Å². The minimum Gasteiger partial charge on any atom is -0.392 e. The number of carbonyl (C=O) groups is 1. The van der Waals surface area contributed by atoms with E-state index in [1.807, 2.05) is 47.4 Å². The zero-order valence-electron chi connectivity index (χ0n) is 14.6. The molecule has 6 heteroatoms. The van der Waals surface area contributed by atoms with E-state index in [1.54, 1.807) is 6.92 Å². The largest absolute Gasteiger partial charge is 0.392 e. The Morgan fingerprint density at radius 1 is 1.27 bits per heavy atom. The Morgan fingerprint density at radius 2 is 2.04 bits per heavy atom. The average molecular weight is 393 g/mol. The van der Waals surface area contributed by atoms with E-state index in [-0.39, 0.29) is 18.5 Å². The maximum Gasteiger partial charge on any atom is 0.237 e. The molecule has 138 valence electrons. The number of rotatable bonds is 5. The third-order valence-corrected chi connectivity index (χ3v) is 5.15. The Bertz CT molecular complexity index is 795. The van der Waals surface area contributed by atoms with Gasteiger partial charge in [0.05, 0.1) is 18.7 Å². The highest BCUT2D eigenvalue weighted by Gasteiger charge is 2.33. The normalized spacial score (nSPS) is 17.7. The fourth-order valence-electron chi connectivity index (χ4n) is 3.38. The second kappa shape index (κ2) is 8.40. The van der Waals surface area contributed by atoms with Gasteiger partial charge in [0.15, 0.2) is 0 Å². The highest BCUT2D eigenvalue weighted by Crippen LogP contribution is 2.39. The monoisotopic (exact) mass is 392 g/mol. The lowest BCUT2D eigenvalue weighted by Crippen LogP contribution is -2.45. The number of nitrogens with zero attached hydrogens (tertiary/aromatic N) is 1. The topological polar surface area (TPSA) is 52.6 Å². The van der Waals surface area contributed by atoms with Gasteiger partial charge < -0.3 is 15.3 Å². The molecule has 0 radical (unpaired) electrons. The van der Waals surface area contributed by atoms with Crippen LogP contribution in [0.25, 0.3) is 0 Å². The maximum absolute atomic E-state index is 12.9. The minimum atomic E-state index is -0.497. The van der Waals surface area contributed by atoms with Gasteiger partial charge in [-0.3, -0.25) is 4.79 Å². The van der Waals surface area contributed by atoms with Gasteiger partial charge in [-0.25, -0.2) is 0 Å². The number of aliphatic hydroxyl groups is 1. The fraction of sp³-hybridized carbons (Fsp3) is 0.350. The number of carbonyl (C=O) groups excluding carboxylic acids is 1. The highest BCUT2D eigenvalue weighted by molar-refractivity contribution is 6.31. The Labute approximate surface area is 163 Å². The molecule has 2 aromatic carbocycles. The predicted octanol–water partition coefficient (Wildman–Crippen LogP) is 3.44. The summed E-state index contributed by atoms with van der Waals surface area (Å²) >= 11 is 12.7. The number of benzene rings is 2. The molecule has 1 aliphatic heterocycles. The summed E-state index contributed by atoms with van der Waals surface area (Å²) in [5, 5.41) is 13.7. The van der Waals surface area contributed by atoms with Gasteiger partial charge in [0.1, 0.15) is 0 Å².